The van der Waals surface area contributed by atoms with Crippen molar-refractivity contribution in [3.8, 4) is 5.75 Å². The van der Waals surface area contributed by atoms with Crippen LogP contribution < -0.4 is 9.64 Å². The van der Waals surface area contributed by atoms with Crippen LogP contribution in [-0.4, -0.2) is 11.1 Å². The van der Waals surface area contributed by atoms with E-state index in [4.69, 9.17) is 4.74 Å². The molecule has 0 spiro atoms. The molecule has 0 aromatic heterocycles. The van der Waals surface area contributed by atoms with Gasteiger partial charge in [-0.25, -0.2) is 4.90 Å². The van der Waals surface area contributed by atoms with Gasteiger partial charge in [-0.3, -0.25) is 9.59 Å². The van der Waals surface area contributed by atoms with Crippen molar-refractivity contribution in [2.75, 3.05) is 4.90 Å². The number of amides is 2. The molecule has 0 saturated carbocycles. The lowest BCUT2D eigenvalue weighted by Gasteiger charge is -2.12. The Kier molecular flexibility index (Phi) is 6.60. The van der Waals surface area contributed by atoms with Crippen molar-refractivity contribution in [1.29, 1.82) is 0 Å². The summed E-state index contributed by atoms with van der Waals surface area (Å²) in [7, 11) is 0. The van der Waals surface area contributed by atoms with Crippen molar-refractivity contribution in [1.82, 2.24) is 0 Å². The average Bonchev–Trinajstić information content (AvgIpc) is 3.01. The SMILES string of the molecule is O=C1S/C(=C\c2cc(Br)c(OCc3ccccc3)c(I)c2)C(=O)N1c1ccccc1. The summed E-state index contributed by atoms with van der Waals surface area (Å²) in [5, 5.41) is -0.297. The maximum absolute atomic E-state index is 12.8. The van der Waals surface area contributed by atoms with Gasteiger partial charge in [-0.15, -0.1) is 0 Å². The highest BCUT2D eigenvalue weighted by atomic mass is 127. The molecule has 0 N–H and O–H groups in total. The van der Waals surface area contributed by atoms with Gasteiger partial charge in [0.1, 0.15) is 12.4 Å². The van der Waals surface area contributed by atoms with E-state index < -0.39 is 0 Å². The Morgan fingerprint density at radius 3 is 2.33 bits per heavy atom. The summed E-state index contributed by atoms with van der Waals surface area (Å²) in [5.41, 5.74) is 2.47. The molecule has 1 fully saturated rings. The first-order chi connectivity index (χ1) is 14.5. The number of nitrogens with zero attached hydrogens (tertiary/aromatic N) is 1. The molecule has 2 amide bonds. The van der Waals surface area contributed by atoms with Crippen molar-refractivity contribution in [2.24, 2.45) is 0 Å². The second kappa shape index (κ2) is 9.36. The fourth-order valence-corrected chi connectivity index (χ4v) is 5.56. The monoisotopic (exact) mass is 591 g/mol. The van der Waals surface area contributed by atoms with Gasteiger partial charge in [0.2, 0.25) is 0 Å². The molecule has 3 aromatic carbocycles. The number of rotatable bonds is 5. The smallest absolute Gasteiger partial charge is 0.298 e. The second-order valence-corrected chi connectivity index (χ2v) is 9.45. The Hall–Kier alpha value is -2.10. The zero-order valence-electron chi connectivity index (χ0n) is 15.5. The zero-order chi connectivity index (χ0) is 21.1. The van der Waals surface area contributed by atoms with E-state index in [-0.39, 0.29) is 11.1 Å². The van der Waals surface area contributed by atoms with Crippen LogP contribution in [0.5, 0.6) is 5.75 Å². The van der Waals surface area contributed by atoms with Crippen LogP contribution in [0.15, 0.2) is 82.2 Å². The highest BCUT2D eigenvalue weighted by Gasteiger charge is 2.36. The van der Waals surface area contributed by atoms with Crippen molar-refractivity contribution >= 4 is 73.2 Å². The van der Waals surface area contributed by atoms with Crippen molar-refractivity contribution in [3.05, 3.63) is 96.9 Å². The predicted octanol–water partition coefficient (Wildman–Crippen LogP) is 6.87. The zero-order valence-corrected chi connectivity index (χ0v) is 20.1. The van der Waals surface area contributed by atoms with E-state index in [2.05, 4.69) is 38.5 Å². The largest absolute Gasteiger partial charge is 0.487 e. The van der Waals surface area contributed by atoms with Gasteiger partial charge in [0.05, 0.1) is 18.6 Å². The molecular weight excluding hydrogens is 577 g/mol. The summed E-state index contributed by atoms with van der Waals surface area (Å²) in [6.45, 7) is 0.463. The molecule has 0 radical (unpaired) electrons. The number of carbonyl (C=O) groups excluding carboxylic acids is 2. The van der Waals surface area contributed by atoms with Crippen LogP contribution in [-0.2, 0) is 11.4 Å². The molecule has 150 valence electrons. The number of benzene rings is 3. The van der Waals surface area contributed by atoms with Crippen LogP contribution in [0, 0.1) is 3.57 Å². The molecule has 0 bridgehead atoms. The fraction of sp³-hybridized carbons (Fsp3) is 0.0435. The van der Waals surface area contributed by atoms with E-state index in [1.807, 2.05) is 48.5 Å². The first kappa shape index (κ1) is 21.1. The molecule has 1 saturated heterocycles. The van der Waals surface area contributed by atoms with Gasteiger partial charge < -0.3 is 4.74 Å². The van der Waals surface area contributed by atoms with Gasteiger partial charge >= 0.3 is 0 Å². The lowest BCUT2D eigenvalue weighted by atomic mass is 10.2. The van der Waals surface area contributed by atoms with E-state index in [1.165, 1.54) is 4.90 Å². The Bertz CT molecular complexity index is 1110. The third kappa shape index (κ3) is 4.63. The summed E-state index contributed by atoms with van der Waals surface area (Å²) < 4.78 is 7.68. The number of hydrogen-bond donors (Lipinski definition) is 0. The van der Waals surface area contributed by atoms with E-state index in [0.717, 1.165) is 36.7 Å². The molecule has 30 heavy (non-hydrogen) atoms. The summed E-state index contributed by atoms with van der Waals surface area (Å²) in [6.07, 6.45) is 1.74. The Morgan fingerprint density at radius 1 is 1.00 bits per heavy atom. The van der Waals surface area contributed by atoms with Gasteiger partial charge in [-0.2, -0.15) is 0 Å². The predicted molar refractivity (Wildman–Crippen MR) is 133 cm³/mol. The highest BCUT2D eigenvalue weighted by Crippen LogP contribution is 2.38. The number of imide groups is 1. The number of para-hydroxylation sites is 1. The Labute approximate surface area is 200 Å². The molecule has 3 aromatic rings. The number of ether oxygens (including phenoxy) is 1. The molecule has 0 unspecified atom stereocenters. The topological polar surface area (TPSA) is 46.6 Å². The van der Waals surface area contributed by atoms with Crippen molar-refractivity contribution in [2.45, 2.75) is 6.61 Å². The first-order valence-electron chi connectivity index (χ1n) is 9.02. The summed E-state index contributed by atoms with van der Waals surface area (Å²) in [5.74, 6) is 0.431. The van der Waals surface area contributed by atoms with E-state index in [0.29, 0.717) is 17.2 Å². The standard InChI is InChI=1S/C23H15BrINO3S/c24-18-11-16(12-19(25)21(18)29-14-15-7-3-1-4-8-15)13-20-22(27)26(23(28)30-20)17-9-5-2-6-10-17/h1-13H,14H2/b20-13-. The van der Waals surface area contributed by atoms with Crippen LogP contribution >= 0.6 is 50.3 Å². The van der Waals surface area contributed by atoms with E-state index in [9.17, 15) is 9.59 Å². The molecule has 4 nitrogen and oxygen atoms in total. The van der Waals surface area contributed by atoms with Gasteiger partial charge in [-0.05, 0) is 91.8 Å². The third-order valence-corrected chi connectivity index (χ3v) is 6.61. The highest BCUT2D eigenvalue weighted by molar-refractivity contribution is 14.1. The normalized spacial score (nSPS) is 15.1. The number of anilines is 1. The first-order valence-corrected chi connectivity index (χ1v) is 11.7. The fourth-order valence-electron chi connectivity index (χ4n) is 2.95. The minimum absolute atomic E-state index is 0.297. The molecule has 0 aliphatic carbocycles. The van der Waals surface area contributed by atoms with Crippen LogP contribution in [0.4, 0.5) is 10.5 Å². The van der Waals surface area contributed by atoms with Gasteiger partial charge in [-0.1, -0.05) is 48.5 Å². The average molecular weight is 592 g/mol. The van der Waals surface area contributed by atoms with Crippen LogP contribution in [0.25, 0.3) is 6.08 Å². The van der Waals surface area contributed by atoms with Gasteiger partial charge in [0, 0.05) is 0 Å². The van der Waals surface area contributed by atoms with Gasteiger partial charge in [0.15, 0.2) is 0 Å². The molecule has 4 rings (SSSR count). The molecule has 1 heterocycles. The lowest BCUT2D eigenvalue weighted by Crippen LogP contribution is -2.27. The lowest BCUT2D eigenvalue weighted by molar-refractivity contribution is -0.113. The van der Waals surface area contributed by atoms with Crippen LogP contribution in [0.2, 0.25) is 0 Å². The summed E-state index contributed by atoms with van der Waals surface area (Å²) in [4.78, 5) is 26.8. The minimum Gasteiger partial charge on any atom is -0.487 e. The number of thioether (sulfide) groups is 1. The van der Waals surface area contributed by atoms with Gasteiger partial charge in [0.25, 0.3) is 11.1 Å². The third-order valence-electron chi connectivity index (χ3n) is 4.35. The van der Waals surface area contributed by atoms with Crippen molar-refractivity contribution < 1.29 is 14.3 Å². The quantitative estimate of drug-likeness (QED) is 0.240. The second-order valence-electron chi connectivity index (χ2n) is 6.44. The molecular formula is C23H15BrINO3S. The Morgan fingerprint density at radius 2 is 1.67 bits per heavy atom. The maximum Gasteiger partial charge on any atom is 0.298 e. The van der Waals surface area contributed by atoms with Crippen molar-refractivity contribution in [3.63, 3.8) is 0 Å². The number of halogens is 2. The number of hydrogen-bond acceptors (Lipinski definition) is 4. The molecule has 1 aliphatic heterocycles. The van der Waals surface area contributed by atoms with E-state index >= 15 is 0 Å². The summed E-state index contributed by atoms with van der Waals surface area (Å²) in [6, 6.07) is 22.7. The number of carbonyl (C=O) groups is 2. The van der Waals surface area contributed by atoms with Crippen LogP contribution in [0.1, 0.15) is 11.1 Å². The molecule has 1 aliphatic rings. The minimum atomic E-state index is -0.313. The maximum atomic E-state index is 12.8. The summed E-state index contributed by atoms with van der Waals surface area (Å²) >= 11 is 6.72. The Balaban J connectivity index is 1.55. The van der Waals surface area contributed by atoms with E-state index in [1.54, 1.807) is 30.3 Å². The van der Waals surface area contributed by atoms with Crippen LogP contribution in [0.3, 0.4) is 0 Å². The molecule has 0 atom stereocenters. The molecule has 7 heteroatoms.